The summed E-state index contributed by atoms with van der Waals surface area (Å²) in [7, 11) is 0. The van der Waals surface area contributed by atoms with E-state index >= 15 is 0 Å². The molecule has 0 aliphatic heterocycles. The Morgan fingerprint density at radius 2 is 2.20 bits per heavy atom. The van der Waals surface area contributed by atoms with E-state index < -0.39 is 0 Å². The van der Waals surface area contributed by atoms with Crippen molar-refractivity contribution < 1.29 is 0 Å². The largest absolute Gasteiger partial charge is 0.268 e. The van der Waals surface area contributed by atoms with Crippen LogP contribution < -0.4 is 11.1 Å². The molecule has 0 amide bonds. The molecule has 1 unspecified atom stereocenters. The van der Waals surface area contributed by atoms with Gasteiger partial charge in [0, 0.05) is 24.0 Å². The monoisotopic (exact) mass is 274 g/mol. The number of nitrogens with one attached hydrogen (secondary N) is 1. The molecule has 0 aromatic carbocycles. The Kier molecular flexibility index (Phi) is 4.81. The average molecular weight is 275 g/mol. The van der Waals surface area contributed by atoms with Gasteiger partial charge in [0.1, 0.15) is 0 Å². The molecule has 84 valence electrons. The van der Waals surface area contributed by atoms with Gasteiger partial charge in [-0.15, -0.1) is 0 Å². The van der Waals surface area contributed by atoms with Crippen LogP contribution in [0.2, 0.25) is 0 Å². The van der Waals surface area contributed by atoms with Crippen LogP contribution in [0.25, 0.3) is 0 Å². The van der Waals surface area contributed by atoms with Crippen molar-refractivity contribution in [1.29, 1.82) is 0 Å². The molecule has 1 aromatic rings. The number of alkyl halides is 1. The van der Waals surface area contributed by atoms with Gasteiger partial charge in [0.2, 0.25) is 0 Å². The minimum atomic E-state index is -0.237. The van der Waals surface area contributed by atoms with E-state index in [1.165, 1.54) is 16.8 Å². The van der Waals surface area contributed by atoms with Crippen LogP contribution in [0.1, 0.15) is 19.8 Å². The minimum absolute atomic E-state index is 0.156. The number of rotatable bonds is 5. The molecule has 0 radical (unpaired) electrons. The van der Waals surface area contributed by atoms with Crippen molar-refractivity contribution in [3.05, 3.63) is 32.8 Å². The van der Waals surface area contributed by atoms with E-state index in [9.17, 15) is 9.59 Å². The summed E-state index contributed by atoms with van der Waals surface area (Å²) in [5.74, 6) is 0.380. The summed E-state index contributed by atoms with van der Waals surface area (Å²) in [5, 5.41) is 3.36. The third-order valence-corrected chi connectivity index (χ3v) is 3.16. The maximum absolute atomic E-state index is 11.4. The topological polar surface area (TPSA) is 54.9 Å². The minimum Gasteiger partial charge on any atom is -0.268 e. The number of aromatic amines is 1. The fraction of sp³-hybridized carbons (Fsp3) is 0.600. The molecule has 0 aliphatic rings. The molecule has 0 bridgehead atoms. The number of aromatic nitrogens is 2. The lowest BCUT2D eigenvalue weighted by Gasteiger charge is -2.13. The molecule has 0 spiro atoms. The molecule has 0 aliphatic carbocycles. The summed E-state index contributed by atoms with van der Waals surface area (Å²) >= 11 is 3.41. The van der Waals surface area contributed by atoms with Crippen LogP contribution in [0.15, 0.2) is 21.7 Å². The lowest BCUT2D eigenvalue weighted by Crippen LogP contribution is -2.31. The third-order valence-electron chi connectivity index (χ3n) is 2.24. The van der Waals surface area contributed by atoms with E-state index in [-0.39, 0.29) is 11.1 Å². The van der Waals surface area contributed by atoms with Crippen molar-refractivity contribution in [2.45, 2.75) is 26.3 Å². The van der Waals surface area contributed by atoms with Gasteiger partial charge < -0.3 is 0 Å². The molecule has 4 nitrogen and oxygen atoms in total. The number of hydrogen-bond donors (Lipinski definition) is 1. The summed E-state index contributed by atoms with van der Waals surface area (Å²) in [4.78, 5) is 22.4. The summed E-state index contributed by atoms with van der Waals surface area (Å²) < 4.78 is 1.38. The van der Waals surface area contributed by atoms with Crippen LogP contribution in [0, 0.1) is 5.92 Å². The lowest BCUT2D eigenvalue weighted by atomic mass is 10.1. The second-order valence-corrected chi connectivity index (χ2v) is 4.21. The van der Waals surface area contributed by atoms with Crippen molar-refractivity contribution in [1.82, 2.24) is 9.78 Å². The summed E-state index contributed by atoms with van der Waals surface area (Å²) in [5.41, 5.74) is -0.393. The molecule has 1 rings (SSSR count). The van der Waals surface area contributed by atoms with Gasteiger partial charge in [-0.1, -0.05) is 29.3 Å². The fourth-order valence-electron chi connectivity index (χ4n) is 1.48. The first-order valence-electron chi connectivity index (χ1n) is 5.03. The van der Waals surface area contributed by atoms with E-state index in [1.54, 1.807) is 0 Å². The van der Waals surface area contributed by atoms with Crippen molar-refractivity contribution in [3.63, 3.8) is 0 Å². The van der Waals surface area contributed by atoms with Gasteiger partial charge in [0.05, 0.1) is 0 Å². The van der Waals surface area contributed by atoms with Crippen molar-refractivity contribution >= 4 is 15.9 Å². The average Bonchev–Trinajstić information content (AvgIpc) is 2.22. The summed E-state index contributed by atoms with van der Waals surface area (Å²) in [6.07, 6.45) is 2.11. The van der Waals surface area contributed by atoms with Crippen LogP contribution in [-0.2, 0) is 6.54 Å². The van der Waals surface area contributed by atoms with Crippen LogP contribution in [0.5, 0.6) is 0 Å². The lowest BCUT2D eigenvalue weighted by molar-refractivity contribution is 0.413. The zero-order valence-corrected chi connectivity index (χ0v) is 10.3. The Labute approximate surface area is 96.4 Å². The number of halogens is 1. The maximum Gasteiger partial charge on any atom is 0.265 e. The van der Waals surface area contributed by atoms with Gasteiger partial charge in [-0.25, -0.2) is 4.68 Å². The molecular weight excluding hydrogens is 260 g/mol. The van der Waals surface area contributed by atoms with Crippen LogP contribution >= 0.6 is 15.9 Å². The third kappa shape index (κ3) is 3.66. The first-order chi connectivity index (χ1) is 7.17. The Morgan fingerprint density at radius 3 is 2.80 bits per heavy atom. The molecule has 5 heteroatoms. The smallest absolute Gasteiger partial charge is 0.265 e. The van der Waals surface area contributed by atoms with Crippen molar-refractivity contribution in [3.8, 4) is 0 Å². The van der Waals surface area contributed by atoms with Gasteiger partial charge >= 0.3 is 0 Å². The fourth-order valence-corrected chi connectivity index (χ4v) is 2.01. The van der Waals surface area contributed by atoms with Gasteiger partial charge in [-0.2, -0.15) is 0 Å². The molecule has 1 atom stereocenters. The van der Waals surface area contributed by atoms with Gasteiger partial charge in [0.15, 0.2) is 0 Å². The number of nitrogens with zero attached hydrogens (tertiary/aromatic N) is 1. The molecule has 0 fully saturated rings. The molecule has 1 aromatic heterocycles. The summed E-state index contributed by atoms with van der Waals surface area (Å²) in [6, 6.07) is 2.55. The normalized spacial score (nSPS) is 12.7. The Morgan fingerprint density at radius 1 is 1.47 bits per heavy atom. The molecule has 0 saturated carbocycles. The highest BCUT2D eigenvalue weighted by Gasteiger charge is 2.08. The van der Waals surface area contributed by atoms with Crippen LogP contribution in [0.4, 0.5) is 0 Å². The second kappa shape index (κ2) is 5.90. The highest BCUT2D eigenvalue weighted by Crippen LogP contribution is 2.10. The predicted octanol–water partition coefficient (Wildman–Crippen LogP) is 1.35. The van der Waals surface area contributed by atoms with E-state index in [1.807, 2.05) is 0 Å². The highest BCUT2D eigenvalue weighted by atomic mass is 79.9. The Hall–Kier alpha value is -0.840. The van der Waals surface area contributed by atoms with E-state index in [4.69, 9.17) is 0 Å². The highest BCUT2D eigenvalue weighted by molar-refractivity contribution is 9.09. The molecule has 1 N–H and O–H groups in total. The first kappa shape index (κ1) is 12.2. The van der Waals surface area contributed by atoms with Crippen LogP contribution in [0.3, 0.4) is 0 Å². The molecule has 15 heavy (non-hydrogen) atoms. The zero-order valence-electron chi connectivity index (χ0n) is 8.70. The maximum atomic E-state index is 11.4. The SMILES string of the molecule is CCCC(CBr)Cn1[nH]c(=O)ccc1=O. The Bertz CT molecular complexity index is 410. The summed E-state index contributed by atoms with van der Waals surface area (Å²) in [6.45, 7) is 2.67. The zero-order chi connectivity index (χ0) is 11.3. The van der Waals surface area contributed by atoms with Crippen LogP contribution in [-0.4, -0.2) is 15.1 Å². The molecule has 0 saturated heterocycles. The predicted molar refractivity (Wildman–Crippen MR) is 63.5 cm³/mol. The second-order valence-electron chi connectivity index (χ2n) is 3.57. The number of H-pyrrole nitrogens is 1. The molecular formula is C10H15BrN2O2. The van der Waals surface area contributed by atoms with E-state index in [2.05, 4.69) is 28.0 Å². The van der Waals surface area contributed by atoms with Gasteiger partial charge in [-0.3, -0.25) is 14.7 Å². The van der Waals surface area contributed by atoms with Gasteiger partial charge in [0.25, 0.3) is 11.1 Å². The Balaban J connectivity index is 2.82. The molecule has 1 heterocycles. The van der Waals surface area contributed by atoms with Crippen molar-refractivity contribution in [2.75, 3.05) is 5.33 Å². The number of hydrogen-bond acceptors (Lipinski definition) is 2. The van der Waals surface area contributed by atoms with E-state index in [0.717, 1.165) is 18.2 Å². The van der Waals surface area contributed by atoms with E-state index in [0.29, 0.717) is 12.5 Å². The first-order valence-corrected chi connectivity index (χ1v) is 6.15. The van der Waals surface area contributed by atoms with Gasteiger partial charge in [-0.05, 0) is 12.3 Å². The quantitative estimate of drug-likeness (QED) is 0.825. The van der Waals surface area contributed by atoms with Crippen molar-refractivity contribution in [2.24, 2.45) is 5.92 Å². The standard InChI is InChI=1S/C10H15BrN2O2/c1-2-3-8(6-11)7-13-10(15)5-4-9(14)12-13/h4-5,8H,2-3,6-7H2,1H3,(H,12,14).